The van der Waals surface area contributed by atoms with Crippen LogP contribution in [0.1, 0.15) is 56.6 Å². The Balaban J connectivity index is 0.00000320. The van der Waals surface area contributed by atoms with Crippen molar-refractivity contribution in [3.63, 3.8) is 0 Å². The third-order valence-corrected chi connectivity index (χ3v) is 6.05. The highest BCUT2D eigenvalue weighted by molar-refractivity contribution is 14.0. The molecule has 1 aromatic carbocycles. The zero-order chi connectivity index (χ0) is 20.5. The molecule has 2 fully saturated rings. The third-order valence-electron chi connectivity index (χ3n) is 6.05. The first-order valence-electron chi connectivity index (χ1n) is 11.2. The lowest BCUT2D eigenvalue weighted by Gasteiger charge is -2.30. The van der Waals surface area contributed by atoms with Gasteiger partial charge in [-0.2, -0.15) is 0 Å². The molecule has 7 heteroatoms. The van der Waals surface area contributed by atoms with E-state index in [4.69, 9.17) is 0 Å². The predicted molar refractivity (Wildman–Crippen MR) is 134 cm³/mol. The minimum atomic E-state index is 0. The quantitative estimate of drug-likeness (QED) is 0.324. The molecule has 1 heterocycles. The lowest BCUT2D eigenvalue weighted by Crippen LogP contribution is -2.47. The zero-order valence-corrected chi connectivity index (χ0v) is 20.8. The Morgan fingerprint density at radius 1 is 1.10 bits per heavy atom. The highest BCUT2D eigenvalue weighted by atomic mass is 127. The van der Waals surface area contributed by atoms with Crippen molar-refractivity contribution in [3.8, 4) is 0 Å². The summed E-state index contributed by atoms with van der Waals surface area (Å²) in [6.45, 7) is 3.25. The number of guanidine groups is 1. The van der Waals surface area contributed by atoms with Crippen LogP contribution in [0, 0.1) is 0 Å². The molecular formula is C23H38IN5O. The Labute approximate surface area is 198 Å². The van der Waals surface area contributed by atoms with Gasteiger partial charge in [-0.05, 0) is 44.3 Å². The van der Waals surface area contributed by atoms with Crippen LogP contribution >= 0.6 is 24.0 Å². The van der Waals surface area contributed by atoms with Gasteiger partial charge in [0.2, 0.25) is 5.91 Å². The minimum Gasteiger partial charge on any atom is -0.354 e. The summed E-state index contributed by atoms with van der Waals surface area (Å²) in [6, 6.07) is 11.5. The van der Waals surface area contributed by atoms with Gasteiger partial charge in [0.25, 0.3) is 0 Å². The van der Waals surface area contributed by atoms with Gasteiger partial charge in [0.05, 0.1) is 6.04 Å². The molecule has 1 atom stereocenters. The number of likely N-dealkylation sites (tertiary alicyclic amines) is 1. The fourth-order valence-electron chi connectivity index (χ4n) is 4.26. The molecule has 6 nitrogen and oxygen atoms in total. The van der Waals surface area contributed by atoms with Crippen molar-refractivity contribution in [2.45, 2.75) is 57.0 Å². The number of rotatable bonds is 7. The number of hydrogen-bond donors (Lipinski definition) is 2. The van der Waals surface area contributed by atoms with Gasteiger partial charge < -0.3 is 15.5 Å². The van der Waals surface area contributed by atoms with Crippen molar-refractivity contribution in [2.24, 2.45) is 4.99 Å². The van der Waals surface area contributed by atoms with E-state index in [2.05, 4.69) is 50.9 Å². The molecule has 1 aromatic rings. The van der Waals surface area contributed by atoms with Crippen molar-refractivity contribution in [2.75, 3.05) is 40.3 Å². The second kappa shape index (κ2) is 13.1. The van der Waals surface area contributed by atoms with Gasteiger partial charge >= 0.3 is 0 Å². The molecule has 30 heavy (non-hydrogen) atoms. The maximum Gasteiger partial charge on any atom is 0.243 e. The number of carbonyl (C=O) groups is 1. The monoisotopic (exact) mass is 527 g/mol. The summed E-state index contributed by atoms with van der Waals surface area (Å²) in [5, 5.41) is 7.16. The predicted octanol–water partition coefficient (Wildman–Crippen LogP) is 3.40. The molecule has 1 saturated carbocycles. The van der Waals surface area contributed by atoms with E-state index in [-0.39, 0.29) is 36.4 Å². The summed E-state index contributed by atoms with van der Waals surface area (Å²) in [5.41, 5.74) is 1.34. The van der Waals surface area contributed by atoms with Crippen molar-refractivity contribution in [1.29, 1.82) is 0 Å². The first-order valence-corrected chi connectivity index (χ1v) is 11.2. The van der Waals surface area contributed by atoms with Crippen LogP contribution in [-0.4, -0.2) is 68.0 Å². The molecule has 0 spiro atoms. The highest BCUT2D eigenvalue weighted by Crippen LogP contribution is 2.24. The van der Waals surface area contributed by atoms with Crippen LogP contribution in [0.5, 0.6) is 0 Å². The van der Waals surface area contributed by atoms with Crippen LogP contribution in [-0.2, 0) is 4.79 Å². The molecule has 2 aliphatic rings. The lowest BCUT2D eigenvalue weighted by molar-refractivity contribution is -0.127. The van der Waals surface area contributed by atoms with Crippen LogP contribution in [0.2, 0.25) is 0 Å². The molecule has 1 saturated heterocycles. The number of aliphatic imine (C=N–C) groups is 1. The molecule has 1 amide bonds. The van der Waals surface area contributed by atoms with Crippen molar-refractivity contribution < 1.29 is 4.79 Å². The summed E-state index contributed by atoms with van der Waals surface area (Å²) in [5.74, 6) is 0.793. The van der Waals surface area contributed by atoms with Gasteiger partial charge in [-0.3, -0.25) is 9.69 Å². The van der Waals surface area contributed by atoms with E-state index in [1.54, 1.807) is 19.0 Å². The van der Waals surface area contributed by atoms with Gasteiger partial charge in [0, 0.05) is 26.7 Å². The number of nitrogens with one attached hydrogen (secondary N) is 2. The topological polar surface area (TPSA) is 60.0 Å². The zero-order valence-electron chi connectivity index (χ0n) is 18.5. The molecule has 0 radical (unpaired) electrons. The third kappa shape index (κ3) is 7.72. The summed E-state index contributed by atoms with van der Waals surface area (Å²) in [6.07, 6.45) is 8.74. The number of hydrogen-bond acceptors (Lipinski definition) is 3. The molecule has 1 aliphatic heterocycles. The molecule has 0 aromatic heterocycles. The Morgan fingerprint density at radius 3 is 2.40 bits per heavy atom. The summed E-state index contributed by atoms with van der Waals surface area (Å²) >= 11 is 0. The second-order valence-electron chi connectivity index (χ2n) is 8.48. The van der Waals surface area contributed by atoms with Gasteiger partial charge in [-0.15, -0.1) is 24.0 Å². The van der Waals surface area contributed by atoms with E-state index in [0.29, 0.717) is 12.1 Å². The number of amides is 1. The lowest BCUT2D eigenvalue weighted by atomic mass is 9.96. The van der Waals surface area contributed by atoms with Crippen LogP contribution in [0.25, 0.3) is 0 Å². The van der Waals surface area contributed by atoms with E-state index in [1.807, 2.05) is 0 Å². The molecular weight excluding hydrogens is 489 g/mol. The number of nitrogens with zero attached hydrogens (tertiary/aromatic N) is 3. The number of benzene rings is 1. The average molecular weight is 527 g/mol. The maximum atomic E-state index is 12.1. The smallest absolute Gasteiger partial charge is 0.243 e. The fraction of sp³-hybridized carbons (Fsp3) is 0.652. The van der Waals surface area contributed by atoms with Gasteiger partial charge in [0.15, 0.2) is 5.96 Å². The Morgan fingerprint density at radius 2 is 1.77 bits per heavy atom. The van der Waals surface area contributed by atoms with E-state index in [9.17, 15) is 4.79 Å². The van der Waals surface area contributed by atoms with Crippen LogP contribution in [0.3, 0.4) is 0 Å². The van der Waals surface area contributed by atoms with Crippen molar-refractivity contribution >= 4 is 35.8 Å². The van der Waals surface area contributed by atoms with E-state index >= 15 is 0 Å². The van der Waals surface area contributed by atoms with Crippen molar-refractivity contribution in [3.05, 3.63) is 35.9 Å². The fourth-order valence-corrected chi connectivity index (χ4v) is 4.26. The van der Waals surface area contributed by atoms with Gasteiger partial charge in [0.1, 0.15) is 6.54 Å². The summed E-state index contributed by atoms with van der Waals surface area (Å²) < 4.78 is 0. The first kappa shape index (κ1) is 24.9. The van der Waals surface area contributed by atoms with Crippen LogP contribution < -0.4 is 10.6 Å². The van der Waals surface area contributed by atoms with Gasteiger partial charge in [-0.25, -0.2) is 4.99 Å². The number of likely N-dealkylation sites (N-methyl/N-ethyl adjacent to an activating group) is 1. The Bertz CT molecular complexity index is 655. The molecule has 168 valence electrons. The van der Waals surface area contributed by atoms with Crippen molar-refractivity contribution in [1.82, 2.24) is 20.4 Å². The number of halogens is 1. The molecule has 3 rings (SSSR count). The molecule has 0 bridgehead atoms. The molecule has 1 unspecified atom stereocenters. The van der Waals surface area contributed by atoms with E-state index in [0.717, 1.165) is 25.6 Å². The number of carbonyl (C=O) groups excluding carboxylic acids is 1. The van der Waals surface area contributed by atoms with Gasteiger partial charge in [-0.1, -0.05) is 49.6 Å². The highest BCUT2D eigenvalue weighted by Gasteiger charge is 2.24. The first-order chi connectivity index (χ1) is 14.1. The average Bonchev–Trinajstić information content (AvgIpc) is 3.27. The summed E-state index contributed by atoms with van der Waals surface area (Å²) in [4.78, 5) is 20.8. The van der Waals surface area contributed by atoms with E-state index in [1.165, 1.54) is 50.5 Å². The maximum absolute atomic E-state index is 12.1. The second-order valence-corrected chi connectivity index (χ2v) is 8.48. The van der Waals surface area contributed by atoms with Crippen LogP contribution in [0.4, 0.5) is 0 Å². The largest absolute Gasteiger partial charge is 0.354 e. The minimum absolute atomic E-state index is 0. The molecule has 1 aliphatic carbocycles. The SMILES string of the molecule is CN(C)C(=O)CN=C(NCC(c1ccccc1)N1CCCC1)NC1CCCCC1.I. The summed E-state index contributed by atoms with van der Waals surface area (Å²) in [7, 11) is 3.55. The Kier molecular flexibility index (Phi) is 10.9. The normalized spacial score (nSPS) is 19.1. The Hall–Kier alpha value is -1.35. The molecule has 2 N–H and O–H groups in total. The van der Waals surface area contributed by atoms with E-state index < -0.39 is 0 Å². The van der Waals surface area contributed by atoms with Crippen LogP contribution in [0.15, 0.2) is 35.3 Å². The standard InChI is InChI=1S/C23H37N5O.HI/c1-27(2)22(29)18-25-23(26-20-13-7-4-8-14-20)24-17-21(28-15-9-10-16-28)19-11-5-3-6-12-19;/h3,5-6,11-12,20-21H,4,7-10,13-18H2,1-2H3,(H2,24,25,26);1H.